The van der Waals surface area contributed by atoms with Crippen LogP contribution in [-0.2, 0) is 11.2 Å². The number of hydrogen-bond donors (Lipinski definition) is 2. The lowest BCUT2D eigenvalue weighted by molar-refractivity contribution is -0.115. The summed E-state index contributed by atoms with van der Waals surface area (Å²) in [5.41, 5.74) is 7.84. The summed E-state index contributed by atoms with van der Waals surface area (Å²) in [6.45, 7) is 0. The number of nitrogens with two attached hydrogens (primary N) is 1. The number of thiocarbonyl (C=S) groups is 1. The number of anilines is 1. The van der Waals surface area contributed by atoms with E-state index in [1.165, 1.54) is 0 Å². The smallest absolute Gasteiger partial charge is 0.228 e. The number of carbonyl (C=O) groups excluding carboxylic acids is 1. The Morgan fingerprint density at radius 3 is 2.52 bits per heavy atom. The Morgan fingerprint density at radius 1 is 1.24 bits per heavy atom. The fraction of sp³-hybridized carbons (Fsp3) is 0.0667. The van der Waals surface area contributed by atoms with Crippen LogP contribution >= 0.6 is 39.7 Å². The number of nitrogens with one attached hydrogen (secondary N) is 1. The third kappa shape index (κ3) is 4.52. The molecule has 0 fully saturated rings. The molecule has 21 heavy (non-hydrogen) atoms. The van der Waals surface area contributed by atoms with Crippen molar-refractivity contribution in [3.05, 3.63) is 63.1 Å². The Morgan fingerprint density at radius 2 is 1.90 bits per heavy atom. The average Bonchev–Trinajstić information content (AvgIpc) is 2.43. The van der Waals surface area contributed by atoms with Gasteiger partial charge in [-0.2, -0.15) is 0 Å². The van der Waals surface area contributed by atoms with Crippen LogP contribution in [0.4, 0.5) is 5.69 Å². The largest absolute Gasteiger partial charge is 0.389 e. The Bertz CT molecular complexity index is 689. The highest BCUT2D eigenvalue weighted by Crippen LogP contribution is 2.26. The zero-order chi connectivity index (χ0) is 15.4. The molecule has 0 bridgehead atoms. The molecule has 0 atom stereocenters. The van der Waals surface area contributed by atoms with Crippen LogP contribution in [0, 0.1) is 0 Å². The van der Waals surface area contributed by atoms with Gasteiger partial charge in [-0.1, -0.05) is 48.1 Å². The SMILES string of the molecule is NC(=S)c1ccc(CC(=O)Nc2cc(Cl)ccc2Br)cc1. The molecule has 0 spiro atoms. The van der Waals surface area contributed by atoms with E-state index in [9.17, 15) is 4.79 Å². The number of amides is 1. The molecule has 3 nitrogen and oxygen atoms in total. The average molecular weight is 384 g/mol. The summed E-state index contributed by atoms with van der Waals surface area (Å²) >= 11 is 14.2. The van der Waals surface area contributed by atoms with Gasteiger partial charge in [-0.3, -0.25) is 4.79 Å². The van der Waals surface area contributed by atoms with Crippen molar-refractivity contribution in [3.63, 3.8) is 0 Å². The Hall–Kier alpha value is -1.43. The first-order valence-corrected chi connectivity index (χ1v) is 7.67. The second kappa shape index (κ2) is 7.02. The maximum absolute atomic E-state index is 12.0. The van der Waals surface area contributed by atoms with Crippen molar-refractivity contribution in [2.75, 3.05) is 5.32 Å². The minimum Gasteiger partial charge on any atom is -0.389 e. The molecular weight excluding hydrogens is 372 g/mol. The van der Waals surface area contributed by atoms with E-state index in [4.69, 9.17) is 29.6 Å². The maximum atomic E-state index is 12.0. The predicted molar refractivity (Wildman–Crippen MR) is 93.8 cm³/mol. The summed E-state index contributed by atoms with van der Waals surface area (Å²) < 4.78 is 0.782. The zero-order valence-corrected chi connectivity index (χ0v) is 14.1. The molecule has 0 saturated carbocycles. The van der Waals surface area contributed by atoms with E-state index in [0.717, 1.165) is 15.6 Å². The molecule has 2 rings (SSSR count). The van der Waals surface area contributed by atoms with Crippen molar-refractivity contribution in [3.8, 4) is 0 Å². The van der Waals surface area contributed by atoms with E-state index >= 15 is 0 Å². The van der Waals surface area contributed by atoms with Crippen LogP contribution < -0.4 is 11.1 Å². The molecule has 2 aromatic carbocycles. The number of rotatable bonds is 4. The lowest BCUT2D eigenvalue weighted by Crippen LogP contribution is -2.15. The molecule has 1 amide bonds. The fourth-order valence-corrected chi connectivity index (χ4v) is 2.41. The predicted octanol–water partition coefficient (Wildman–Crippen LogP) is 3.92. The Kier molecular flexibility index (Phi) is 5.33. The third-order valence-electron chi connectivity index (χ3n) is 2.81. The van der Waals surface area contributed by atoms with Gasteiger partial charge in [-0.25, -0.2) is 0 Å². The van der Waals surface area contributed by atoms with Crippen LogP contribution in [0.1, 0.15) is 11.1 Å². The van der Waals surface area contributed by atoms with Gasteiger partial charge >= 0.3 is 0 Å². The summed E-state index contributed by atoms with van der Waals surface area (Å²) in [6, 6.07) is 12.5. The highest BCUT2D eigenvalue weighted by Gasteiger charge is 2.08. The molecule has 0 aliphatic rings. The van der Waals surface area contributed by atoms with E-state index in [0.29, 0.717) is 15.7 Å². The molecule has 0 radical (unpaired) electrons. The minimum absolute atomic E-state index is 0.124. The van der Waals surface area contributed by atoms with E-state index in [-0.39, 0.29) is 12.3 Å². The summed E-state index contributed by atoms with van der Waals surface area (Å²) in [5.74, 6) is -0.124. The highest BCUT2D eigenvalue weighted by atomic mass is 79.9. The van der Waals surface area contributed by atoms with Crippen molar-refractivity contribution in [2.24, 2.45) is 5.73 Å². The lowest BCUT2D eigenvalue weighted by atomic mass is 10.1. The van der Waals surface area contributed by atoms with Gasteiger partial charge in [-0.05, 0) is 39.7 Å². The van der Waals surface area contributed by atoms with Crippen molar-refractivity contribution in [1.82, 2.24) is 0 Å². The number of halogens is 2. The Labute approximate surface area is 141 Å². The molecule has 6 heteroatoms. The van der Waals surface area contributed by atoms with Crippen LogP contribution in [0.15, 0.2) is 46.9 Å². The molecule has 0 aliphatic carbocycles. The van der Waals surface area contributed by atoms with Crippen LogP contribution in [0.25, 0.3) is 0 Å². The third-order valence-corrected chi connectivity index (χ3v) is 3.97. The van der Waals surface area contributed by atoms with Crippen molar-refractivity contribution in [1.29, 1.82) is 0 Å². The van der Waals surface area contributed by atoms with Gasteiger partial charge < -0.3 is 11.1 Å². The molecule has 3 N–H and O–H groups in total. The van der Waals surface area contributed by atoms with Gasteiger partial charge in [0.05, 0.1) is 12.1 Å². The minimum atomic E-state index is -0.124. The van der Waals surface area contributed by atoms with Crippen molar-refractivity contribution >= 4 is 56.3 Å². The molecule has 0 heterocycles. The highest BCUT2D eigenvalue weighted by molar-refractivity contribution is 9.10. The van der Waals surface area contributed by atoms with E-state index in [1.54, 1.807) is 30.3 Å². The van der Waals surface area contributed by atoms with Crippen molar-refractivity contribution < 1.29 is 4.79 Å². The van der Waals surface area contributed by atoms with Gasteiger partial charge in [0.15, 0.2) is 0 Å². The first-order chi connectivity index (χ1) is 9.95. The van der Waals surface area contributed by atoms with Crippen LogP contribution in [0.5, 0.6) is 0 Å². The molecule has 0 unspecified atom stereocenters. The number of carbonyl (C=O) groups is 1. The molecule has 0 aliphatic heterocycles. The molecule has 108 valence electrons. The second-order valence-electron chi connectivity index (χ2n) is 4.41. The monoisotopic (exact) mass is 382 g/mol. The van der Waals surface area contributed by atoms with Gasteiger partial charge in [0.1, 0.15) is 4.99 Å². The number of benzene rings is 2. The quantitative estimate of drug-likeness (QED) is 0.787. The van der Waals surface area contributed by atoms with Crippen LogP contribution in [0.2, 0.25) is 5.02 Å². The summed E-state index contributed by atoms with van der Waals surface area (Å²) in [4.78, 5) is 12.4. The van der Waals surface area contributed by atoms with Gasteiger partial charge in [0.25, 0.3) is 0 Å². The normalized spacial score (nSPS) is 10.2. The first kappa shape index (κ1) is 15.9. The zero-order valence-electron chi connectivity index (χ0n) is 10.9. The van der Waals surface area contributed by atoms with Gasteiger partial charge in [0, 0.05) is 15.1 Å². The van der Waals surface area contributed by atoms with E-state index < -0.39 is 0 Å². The Balaban J connectivity index is 2.04. The number of hydrogen-bond acceptors (Lipinski definition) is 2. The summed E-state index contributed by atoms with van der Waals surface area (Å²) in [6.07, 6.45) is 0.260. The van der Waals surface area contributed by atoms with Gasteiger partial charge in [-0.15, -0.1) is 0 Å². The maximum Gasteiger partial charge on any atom is 0.228 e. The van der Waals surface area contributed by atoms with Crippen LogP contribution in [0.3, 0.4) is 0 Å². The molecule has 0 saturated heterocycles. The molecule has 2 aromatic rings. The van der Waals surface area contributed by atoms with E-state index in [1.807, 2.05) is 12.1 Å². The van der Waals surface area contributed by atoms with Gasteiger partial charge in [0.2, 0.25) is 5.91 Å². The fourth-order valence-electron chi connectivity index (χ4n) is 1.76. The summed E-state index contributed by atoms with van der Waals surface area (Å²) in [5, 5.41) is 3.38. The lowest BCUT2D eigenvalue weighted by Gasteiger charge is -2.08. The first-order valence-electron chi connectivity index (χ1n) is 6.09. The summed E-state index contributed by atoms with van der Waals surface area (Å²) in [7, 11) is 0. The van der Waals surface area contributed by atoms with Crippen molar-refractivity contribution in [2.45, 2.75) is 6.42 Å². The molecule has 0 aromatic heterocycles. The van der Waals surface area contributed by atoms with Crippen LogP contribution in [-0.4, -0.2) is 10.9 Å². The van der Waals surface area contributed by atoms with E-state index in [2.05, 4.69) is 21.2 Å². The molecular formula is C15H12BrClN2OS. The topological polar surface area (TPSA) is 55.1 Å². The standard InChI is InChI=1S/C15H12BrClN2OS/c16-12-6-5-11(17)8-13(12)19-14(20)7-9-1-3-10(4-2-9)15(18)21/h1-6,8H,7H2,(H2,18,21)(H,19,20). The second-order valence-corrected chi connectivity index (χ2v) is 6.14.